The molecule has 6 nitrogen and oxygen atoms in total. The van der Waals surface area contributed by atoms with E-state index < -0.39 is 11.8 Å². The Kier molecular flexibility index (Phi) is 2.32. The van der Waals surface area contributed by atoms with Crippen molar-refractivity contribution in [3.8, 4) is 6.07 Å². The topological polar surface area (TPSA) is 79.0 Å². The molecule has 86 valence electrons. The minimum Gasteiger partial charge on any atom is -0.272 e. The molecule has 0 aliphatic carbocycles. The molecule has 2 amide bonds. The molecule has 2 rings (SSSR count). The van der Waals surface area contributed by atoms with Crippen LogP contribution in [0.25, 0.3) is 0 Å². The lowest BCUT2D eigenvalue weighted by atomic mass is 10.2. The van der Waals surface area contributed by atoms with Gasteiger partial charge in [-0.05, 0) is 13.8 Å². The highest BCUT2D eigenvalue weighted by Crippen LogP contribution is 2.27. The average Bonchev–Trinajstić information content (AvgIpc) is 2.75. The molecule has 0 saturated heterocycles. The van der Waals surface area contributed by atoms with Gasteiger partial charge >= 0.3 is 0 Å². The van der Waals surface area contributed by atoms with Gasteiger partial charge in [-0.25, -0.2) is 4.90 Å². The standard InChI is InChI=1S/C11H10N4O2/c1-6-7(2)11(17)15(10(6)16)9-8(4-12)5-14(3)13-9/h5H,1-3H3. The molecule has 0 radical (unpaired) electrons. The summed E-state index contributed by atoms with van der Waals surface area (Å²) in [5.41, 5.74) is 0.991. The summed E-state index contributed by atoms with van der Waals surface area (Å²) in [7, 11) is 1.63. The Morgan fingerprint density at radius 2 is 1.76 bits per heavy atom. The molecule has 1 aromatic rings. The van der Waals surface area contributed by atoms with Gasteiger partial charge in [0.05, 0.1) is 0 Å². The molecule has 1 aliphatic rings. The molecule has 0 fully saturated rings. The van der Waals surface area contributed by atoms with Crippen molar-refractivity contribution in [3.05, 3.63) is 22.9 Å². The highest BCUT2D eigenvalue weighted by molar-refractivity contribution is 6.32. The lowest BCUT2D eigenvalue weighted by Gasteiger charge is -2.11. The molecular formula is C11H10N4O2. The summed E-state index contributed by atoms with van der Waals surface area (Å²) in [5, 5.41) is 12.9. The van der Waals surface area contributed by atoms with E-state index in [0.717, 1.165) is 4.90 Å². The maximum absolute atomic E-state index is 11.9. The molecule has 0 spiro atoms. The summed E-state index contributed by atoms with van der Waals surface area (Å²) in [6.45, 7) is 3.18. The van der Waals surface area contributed by atoms with Gasteiger partial charge in [0.15, 0.2) is 5.82 Å². The van der Waals surface area contributed by atoms with Crippen molar-refractivity contribution in [3.63, 3.8) is 0 Å². The Morgan fingerprint density at radius 1 is 1.24 bits per heavy atom. The first-order valence-electron chi connectivity index (χ1n) is 4.97. The van der Waals surface area contributed by atoms with Crippen LogP contribution in [0.4, 0.5) is 5.82 Å². The van der Waals surface area contributed by atoms with Crippen LogP contribution in [0.1, 0.15) is 19.4 Å². The second kappa shape index (κ2) is 3.56. The van der Waals surface area contributed by atoms with Gasteiger partial charge in [-0.3, -0.25) is 14.3 Å². The number of anilines is 1. The zero-order valence-corrected chi connectivity index (χ0v) is 9.68. The normalized spacial score (nSPS) is 15.8. The van der Waals surface area contributed by atoms with Gasteiger partial charge in [-0.2, -0.15) is 10.4 Å². The quantitative estimate of drug-likeness (QED) is 0.658. The fourth-order valence-corrected chi connectivity index (χ4v) is 1.66. The molecule has 1 aromatic heterocycles. The molecule has 0 bridgehead atoms. The largest absolute Gasteiger partial charge is 0.272 e. The third-order valence-electron chi connectivity index (χ3n) is 2.75. The van der Waals surface area contributed by atoms with E-state index in [2.05, 4.69) is 5.10 Å². The average molecular weight is 230 g/mol. The van der Waals surface area contributed by atoms with E-state index in [1.807, 2.05) is 6.07 Å². The van der Waals surface area contributed by atoms with Crippen LogP contribution in [0.5, 0.6) is 0 Å². The van der Waals surface area contributed by atoms with Crippen LogP contribution in [0.2, 0.25) is 0 Å². The van der Waals surface area contributed by atoms with Gasteiger partial charge in [0.25, 0.3) is 11.8 Å². The Bertz CT molecular complexity index is 579. The van der Waals surface area contributed by atoms with Gasteiger partial charge in [-0.1, -0.05) is 0 Å². The molecule has 6 heteroatoms. The molecule has 0 aromatic carbocycles. The van der Waals surface area contributed by atoms with Crippen LogP contribution >= 0.6 is 0 Å². The monoisotopic (exact) mass is 230 g/mol. The first-order valence-corrected chi connectivity index (χ1v) is 4.97. The first kappa shape index (κ1) is 11.1. The number of imide groups is 1. The lowest BCUT2D eigenvalue weighted by Crippen LogP contribution is -2.32. The lowest BCUT2D eigenvalue weighted by molar-refractivity contribution is -0.120. The van der Waals surface area contributed by atoms with Crippen LogP contribution in [-0.4, -0.2) is 21.6 Å². The van der Waals surface area contributed by atoms with Crippen LogP contribution in [0.15, 0.2) is 17.3 Å². The van der Waals surface area contributed by atoms with Crippen molar-refractivity contribution in [1.29, 1.82) is 5.26 Å². The zero-order valence-electron chi connectivity index (χ0n) is 9.68. The van der Waals surface area contributed by atoms with Gasteiger partial charge in [-0.15, -0.1) is 0 Å². The van der Waals surface area contributed by atoms with E-state index in [0.29, 0.717) is 11.1 Å². The molecular weight excluding hydrogens is 220 g/mol. The number of nitriles is 1. The Morgan fingerprint density at radius 3 is 2.24 bits per heavy atom. The molecule has 0 N–H and O–H groups in total. The summed E-state index contributed by atoms with van der Waals surface area (Å²) in [6.07, 6.45) is 1.47. The van der Waals surface area contributed by atoms with Crippen molar-refractivity contribution in [1.82, 2.24) is 9.78 Å². The number of amides is 2. The highest BCUT2D eigenvalue weighted by Gasteiger charge is 2.37. The van der Waals surface area contributed by atoms with Gasteiger partial charge in [0.1, 0.15) is 11.6 Å². The van der Waals surface area contributed by atoms with E-state index in [9.17, 15) is 9.59 Å². The Hall–Kier alpha value is -2.42. The molecule has 0 unspecified atom stereocenters. The van der Waals surface area contributed by atoms with E-state index in [1.54, 1.807) is 20.9 Å². The summed E-state index contributed by atoms with van der Waals surface area (Å²) < 4.78 is 1.40. The van der Waals surface area contributed by atoms with Gasteiger partial charge in [0.2, 0.25) is 0 Å². The maximum Gasteiger partial charge on any atom is 0.262 e. The maximum atomic E-state index is 11.9. The number of carbonyl (C=O) groups excluding carboxylic acids is 2. The van der Waals surface area contributed by atoms with Crippen molar-refractivity contribution >= 4 is 17.6 Å². The fraction of sp³-hybridized carbons (Fsp3) is 0.273. The number of aryl methyl sites for hydroxylation is 1. The van der Waals surface area contributed by atoms with Crippen molar-refractivity contribution in [2.45, 2.75) is 13.8 Å². The second-order valence-electron chi connectivity index (χ2n) is 3.85. The smallest absolute Gasteiger partial charge is 0.262 e. The molecule has 0 saturated carbocycles. The third-order valence-corrected chi connectivity index (χ3v) is 2.75. The summed E-state index contributed by atoms with van der Waals surface area (Å²) >= 11 is 0. The minimum atomic E-state index is -0.414. The van der Waals surface area contributed by atoms with E-state index in [4.69, 9.17) is 5.26 Å². The van der Waals surface area contributed by atoms with E-state index in [1.165, 1.54) is 10.9 Å². The first-order chi connectivity index (χ1) is 7.97. The summed E-state index contributed by atoms with van der Waals surface area (Å²) in [6, 6.07) is 1.92. The molecule has 0 atom stereocenters. The van der Waals surface area contributed by atoms with Crippen LogP contribution in [0.3, 0.4) is 0 Å². The van der Waals surface area contributed by atoms with E-state index >= 15 is 0 Å². The van der Waals surface area contributed by atoms with E-state index in [-0.39, 0.29) is 11.4 Å². The van der Waals surface area contributed by atoms with Crippen LogP contribution in [0, 0.1) is 11.3 Å². The molecule has 17 heavy (non-hydrogen) atoms. The Balaban J connectivity index is 2.54. The van der Waals surface area contributed by atoms with Crippen molar-refractivity contribution < 1.29 is 9.59 Å². The highest BCUT2D eigenvalue weighted by atomic mass is 16.2. The van der Waals surface area contributed by atoms with Crippen LogP contribution < -0.4 is 4.90 Å². The fourth-order valence-electron chi connectivity index (χ4n) is 1.66. The number of nitrogens with zero attached hydrogens (tertiary/aromatic N) is 4. The predicted molar refractivity (Wildman–Crippen MR) is 58.8 cm³/mol. The van der Waals surface area contributed by atoms with Gasteiger partial charge < -0.3 is 0 Å². The number of hydrogen-bond donors (Lipinski definition) is 0. The SMILES string of the molecule is CC1=C(C)C(=O)N(c2nn(C)cc2C#N)C1=O. The number of carbonyl (C=O) groups is 2. The Labute approximate surface area is 97.7 Å². The second-order valence-corrected chi connectivity index (χ2v) is 3.85. The number of hydrogen-bond acceptors (Lipinski definition) is 4. The van der Waals surface area contributed by atoms with Gasteiger partial charge in [0, 0.05) is 24.4 Å². The minimum absolute atomic E-state index is 0.0983. The third kappa shape index (κ3) is 1.44. The van der Waals surface area contributed by atoms with Crippen molar-refractivity contribution in [2.75, 3.05) is 4.90 Å². The zero-order chi connectivity index (χ0) is 12.7. The predicted octanol–water partition coefficient (Wildman–Crippen LogP) is 0.501. The number of aromatic nitrogens is 2. The molecule has 1 aliphatic heterocycles. The van der Waals surface area contributed by atoms with Crippen molar-refractivity contribution in [2.24, 2.45) is 7.05 Å². The summed E-state index contributed by atoms with van der Waals surface area (Å²) in [5.74, 6) is -0.730. The molecule has 2 heterocycles. The summed E-state index contributed by atoms with van der Waals surface area (Å²) in [4.78, 5) is 24.7. The number of rotatable bonds is 1. The van der Waals surface area contributed by atoms with Crippen LogP contribution in [-0.2, 0) is 16.6 Å².